The van der Waals surface area contributed by atoms with Gasteiger partial charge >= 0.3 is 0 Å². The summed E-state index contributed by atoms with van der Waals surface area (Å²) >= 11 is 0. The van der Waals surface area contributed by atoms with Crippen LogP contribution in [0.4, 0.5) is 0 Å². The van der Waals surface area contributed by atoms with E-state index >= 15 is 0 Å². The van der Waals surface area contributed by atoms with Gasteiger partial charge in [0.1, 0.15) is 0 Å². The van der Waals surface area contributed by atoms with Crippen molar-refractivity contribution in [2.24, 2.45) is 5.92 Å². The Morgan fingerprint density at radius 2 is 2.00 bits per heavy atom. The first kappa shape index (κ1) is 11.0. The average Bonchev–Trinajstić information content (AvgIpc) is 2.04. The van der Waals surface area contributed by atoms with Crippen molar-refractivity contribution in [1.29, 1.82) is 0 Å². The number of hydrogen-bond acceptors (Lipinski definition) is 2. The zero-order valence-corrected chi connectivity index (χ0v) is 9.21. The molecule has 0 radical (unpaired) electrons. The molecular weight excluding hydrogens is 164 g/mol. The first-order valence-corrected chi connectivity index (χ1v) is 5.32. The molecule has 1 rings (SSSR count). The van der Waals surface area contributed by atoms with Gasteiger partial charge in [-0.2, -0.15) is 0 Å². The van der Waals surface area contributed by atoms with Crippen LogP contribution in [-0.2, 0) is 4.74 Å². The highest BCUT2D eigenvalue weighted by Gasteiger charge is 2.38. The van der Waals surface area contributed by atoms with Gasteiger partial charge in [-0.15, -0.1) is 0 Å². The van der Waals surface area contributed by atoms with Gasteiger partial charge in [0.15, 0.2) is 0 Å². The van der Waals surface area contributed by atoms with E-state index in [0.29, 0.717) is 6.10 Å². The molecule has 0 aromatic heterocycles. The molecule has 2 heteroatoms. The molecule has 0 saturated carbocycles. The summed E-state index contributed by atoms with van der Waals surface area (Å²) in [6.45, 7) is 8.06. The van der Waals surface area contributed by atoms with Crippen LogP contribution in [0, 0.1) is 5.92 Å². The second kappa shape index (κ2) is 3.97. The smallest absolute Gasteiger partial charge is 0.0903 e. The van der Waals surface area contributed by atoms with Gasteiger partial charge in [-0.3, -0.25) is 0 Å². The Kier molecular flexibility index (Phi) is 3.36. The van der Waals surface area contributed by atoms with Crippen LogP contribution in [0.2, 0.25) is 0 Å². The van der Waals surface area contributed by atoms with Gasteiger partial charge in [0.2, 0.25) is 0 Å². The molecule has 0 aliphatic carbocycles. The van der Waals surface area contributed by atoms with Crippen LogP contribution in [0.15, 0.2) is 0 Å². The van der Waals surface area contributed by atoms with Crippen LogP contribution in [0.5, 0.6) is 0 Å². The summed E-state index contributed by atoms with van der Waals surface area (Å²) < 4.78 is 5.76. The van der Waals surface area contributed by atoms with E-state index in [-0.39, 0.29) is 12.0 Å². The van der Waals surface area contributed by atoms with Crippen LogP contribution < -0.4 is 0 Å². The van der Waals surface area contributed by atoms with Crippen LogP contribution in [0.1, 0.15) is 47.0 Å². The number of aliphatic hydroxyl groups is 1. The minimum atomic E-state index is -0.672. The summed E-state index contributed by atoms with van der Waals surface area (Å²) in [7, 11) is 0. The maximum atomic E-state index is 10.2. The topological polar surface area (TPSA) is 29.5 Å². The molecule has 1 N–H and O–H groups in total. The largest absolute Gasteiger partial charge is 0.387 e. The Labute approximate surface area is 81.3 Å². The van der Waals surface area contributed by atoms with Crippen molar-refractivity contribution in [3.8, 4) is 0 Å². The van der Waals surface area contributed by atoms with Crippen LogP contribution in [-0.4, -0.2) is 22.9 Å². The molecule has 1 fully saturated rings. The molecule has 0 unspecified atom stereocenters. The van der Waals surface area contributed by atoms with Gasteiger partial charge < -0.3 is 9.84 Å². The SMILES string of the molecule is CC(C)[C@@](C)(O)[C@@H]1CCC[C@@H](C)O1. The van der Waals surface area contributed by atoms with Gasteiger partial charge in [0, 0.05) is 0 Å². The second-order valence-electron chi connectivity index (χ2n) is 4.75. The summed E-state index contributed by atoms with van der Waals surface area (Å²) in [6.07, 6.45) is 3.63. The fourth-order valence-corrected chi connectivity index (χ4v) is 1.81. The number of hydrogen-bond donors (Lipinski definition) is 1. The number of rotatable bonds is 2. The molecule has 3 atom stereocenters. The highest BCUT2D eigenvalue weighted by molar-refractivity contribution is 4.88. The normalized spacial score (nSPS) is 34.6. The third-order valence-corrected chi connectivity index (χ3v) is 3.29. The van der Waals surface area contributed by atoms with E-state index in [9.17, 15) is 5.11 Å². The third kappa shape index (κ3) is 2.44. The molecule has 0 amide bonds. The lowest BCUT2D eigenvalue weighted by Crippen LogP contribution is -2.48. The monoisotopic (exact) mass is 186 g/mol. The lowest BCUT2D eigenvalue weighted by molar-refractivity contribution is -0.161. The van der Waals surface area contributed by atoms with Crippen molar-refractivity contribution in [3.63, 3.8) is 0 Å². The molecule has 1 heterocycles. The predicted molar refractivity (Wildman–Crippen MR) is 53.6 cm³/mol. The van der Waals surface area contributed by atoms with Gasteiger partial charge in [-0.05, 0) is 39.0 Å². The lowest BCUT2D eigenvalue weighted by Gasteiger charge is -2.40. The van der Waals surface area contributed by atoms with E-state index in [4.69, 9.17) is 4.74 Å². The van der Waals surface area contributed by atoms with Crippen LogP contribution in [0.25, 0.3) is 0 Å². The lowest BCUT2D eigenvalue weighted by atomic mass is 9.83. The first-order chi connectivity index (χ1) is 5.94. The maximum absolute atomic E-state index is 10.2. The van der Waals surface area contributed by atoms with Gasteiger partial charge in [0.05, 0.1) is 17.8 Å². The van der Waals surface area contributed by atoms with Crippen molar-refractivity contribution in [2.45, 2.75) is 64.8 Å². The van der Waals surface area contributed by atoms with Crippen molar-refractivity contribution in [2.75, 3.05) is 0 Å². The van der Waals surface area contributed by atoms with Crippen LogP contribution in [0.3, 0.4) is 0 Å². The zero-order chi connectivity index (χ0) is 10.1. The predicted octanol–water partition coefficient (Wildman–Crippen LogP) is 2.35. The van der Waals surface area contributed by atoms with E-state index in [2.05, 4.69) is 6.92 Å². The van der Waals surface area contributed by atoms with E-state index in [0.717, 1.165) is 12.8 Å². The Bertz CT molecular complexity index is 163. The molecule has 1 aliphatic heterocycles. The van der Waals surface area contributed by atoms with Gasteiger partial charge in [-0.1, -0.05) is 13.8 Å². The van der Waals surface area contributed by atoms with Gasteiger partial charge in [-0.25, -0.2) is 0 Å². The van der Waals surface area contributed by atoms with Gasteiger partial charge in [0.25, 0.3) is 0 Å². The summed E-state index contributed by atoms with van der Waals surface area (Å²) in [6, 6.07) is 0. The fraction of sp³-hybridized carbons (Fsp3) is 1.00. The van der Waals surface area contributed by atoms with E-state index < -0.39 is 5.60 Å². The molecule has 1 saturated heterocycles. The molecule has 0 aromatic rings. The molecule has 78 valence electrons. The Hall–Kier alpha value is -0.0800. The van der Waals surface area contributed by atoms with Crippen molar-refractivity contribution >= 4 is 0 Å². The second-order valence-corrected chi connectivity index (χ2v) is 4.75. The van der Waals surface area contributed by atoms with Crippen molar-refractivity contribution < 1.29 is 9.84 Å². The molecule has 0 spiro atoms. The first-order valence-electron chi connectivity index (χ1n) is 5.32. The Balaban J connectivity index is 2.59. The van der Waals surface area contributed by atoms with E-state index in [1.165, 1.54) is 6.42 Å². The standard InChI is InChI=1S/C11H22O2/c1-8(2)11(4,12)10-7-5-6-9(3)13-10/h8-10,12H,5-7H2,1-4H3/t9-,10+,11-/m1/s1. The van der Waals surface area contributed by atoms with E-state index in [1.54, 1.807) is 0 Å². The fourth-order valence-electron chi connectivity index (χ4n) is 1.81. The number of ether oxygens (including phenoxy) is 1. The maximum Gasteiger partial charge on any atom is 0.0903 e. The average molecular weight is 186 g/mol. The summed E-state index contributed by atoms with van der Waals surface area (Å²) in [5, 5.41) is 10.2. The third-order valence-electron chi connectivity index (χ3n) is 3.29. The van der Waals surface area contributed by atoms with Crippen molar-refractivity contribution in [1.82, 2.24) is 0 Å². The highest BCUT2D eigenvalue weighted by Crippen LogP contribution is 2.31. The minimum Gasteiger partial charge on any atom is -0.387 e. The Morgan fingerprint density at radius 3 is 2.46 bits per heavy atom. The Morgan fingerprint density at radius 1 is 1.38 bits per heavy atom. The summed E-state index contributed by atoms with van der Waals surface area (Å²) in [4.78, 5) is 0. The molecule has 13 heavy (non-hydrogen) atoms. The van der Waals surface area contributed by atoms with E-state index in [1.807, 2.05) is 20.8 Å². The molecule has 0 bridgehead atoms. The quantitative estimate of drug-likeness (QED) is 0.717. The summed E-state index contributed by atoms with van der Waals surface area (Å²) in [5.41, 5.74) is -0.672. The zero-order valence-electron chi connectivity index (χ0n) is 9.21. The summed E-state index contributed by atoms with van der Waals surface area (Å²) in [5.74, 6) is 0.253. The molecule has 2 nitrogen and oxygen atoms in total. The molecule has 1 aliphatic rings. The minimum absolute atomic E-state index is 0.0243. The van der Waals surface area contributed by atoms with Crippen molar-refractivity contribution in [3.05, 3.63) is 0 Å². The molecule has 0 aromatic carbocycles. The highest BCUT2D eigenvalue weighted by atomic mass is 16.5. The van der Waals surface area contributed by atoms with Crippen LogP contribution >= 0.6 is 0 Å². The molecular formula is C11H22O2.